The molecular formula is C22H28N2O6. The zero-order valence-electron chi connectivity index (χ0n) is 18.1. The van der Waals surface area contributed by atoms with Gasteiger partial charge in [0.2, 0.25) is 5.78 Å². The lowest BCUT2D eigenvalue weighted by atomic mass is 10.1. The van der Waals surface area contributed by atoms with Crippen molar-refractivity contribution in [2.45, 2.75) is 53.2 Å². The molecule has 2 aromatic rings. The predicted octanol–water partition coefficient (Wildman–Crippen LogP) is 3.06. The molecule has 3 rings (SSSR count). The molecule has 2 aromatic heterocycles. The highest BCUT2D eigenvalue weighted by atomic mass is 16.5. The summed E-state index contributed by atoms with van der Waals surface area (Å²) in [5.74, 6) is -1.49. The third-order valence-electron chi connectivity index (χ3n) is 5.65. The van der Waals surface area contributed by atoms with Crippen molar-refractivity contribution in [3.05, 3.63) is 45.5 Å². The van der Waals surface area contributed by atoms with Gasteiger partial charge < -0.3 is 23.8 Å². The van der Waals surface area contributed by atoms with Crippen molar-refractivity contribution in [2.75, 3.05) is 20.3 Å². The maximum atomic E-state index is 12.7. The van der Waals surface area contributed by atoms with Crippen molar-refractivity contribution in [2.24, 2.45) is 0 Å². The summed E-state index contributed by atoms with van der Waals surface area (Å²) in [7, 11) is 1.28. The SMILES string of the molecule is COC(=O)c1c(C)[nH]c(C(=O)OCC(=O)c2cc(C)n(CC3CCCO3)c2C)c1C. The van der Waals surface area contributed by atoms with Crippen LogP contribution in [0.2, 0.25) is 0 Å². The van der Waals surface area contributed by atoms with E-state index in [4.69, 9.17) is 14.2 Å². The molecular weight excluding hydrogens is 388 g/mol. The van der Waals surface area contributed by atoms with Crippen LogP contribution < -0.4 is 0 Å². The molecule has 0 radical (unpaired) electrons. The Labute approximate surface area is 175 Å². The minimum Gasteiger partial charge on any atom is -0.465 e. The van der Waals surface area contributed by atoms with Crippen LogP contribution in [0.25, 0.3) is 0 Å². The summed E-state index contributed by atoms with van der Waals surface area (Å²) >= 11 is 0. The lowest BCUT2D eigenvalue weighted by Crippen LogP contribution is -2.18. The molecule has 0 spiro atoms. The minimum atomic E-state index is -0.688. The number of aryl methyl sites for hydroxylation is 2. The number of nitrogens with zero attached hydrogens (tertiary/aromatic N) is 1. The maximum absolute atomic E-state index is 12.7. The van der Waals surface area contributed by atoms with E-state index in [9.17, 15) is 14.4 Å². The van der Waals surface area contributed by atoms with Gasteiger partial charge in [0.25, 0.3) is 0 Å². The lowest BCUT2D eigenvalue weighted by molar-refractivity contribution is 0.0468. The molecule has 3 heterocycles. The summed E-state index contributed by atoms with van der Waals surface area (Å²) in [5, 5.41) is 0. The molecule has 0 amide bonds. The van der Waals surface area contributed by atoms with Crippen molar-refractivity contribution in [3.63, 3.8) is 0 Å². The number of esters is 2. The largest absolute Gasteiger partial charge is 0.465 e. The normalized spacial score (nSPS) is 16.0. The van der Waals surface area contributed by atoms with Gasteiger partial charge in [-0.15, -0.1) is 0 Å². The van der Waals surface area contributed by atoms with Gasteiger partial charge in [-0.2, -0.15) is 0 Å². The summed E-state index contributed by atoms with van der Waals surface area (Å²) in [6.45, 7) is 8.25. The molecule has 8 nitrogen and oxygen atoms in total. The molecule has 1 N–H and O–H groups in total. The van der Waals surface area contributed by atoms with Crippen LogP contribution in [0.5, 0.6) is 0 Å². The quantitative estimate of drug-likeness (QED) is 0.550. The Hall–Kier alpha value is -2.87. The molecule has 0 aromatic carbocycles. The van der Waals surface area contributed by atoms with E-state index in [2.05, 4.69) is 9.55 Å². The first kappa shape index (κ1) is 21.8. The third-order valence-corrected chi connectivity index (χ3v) is 5.65. The molecule has 0 bridgehead atoms. The first-order valence-corrected chi connectivity index (χ1v) is 10.0. The number of aromatic amines is 1. The molecule has 1 saturated heterocycles. The van der Waals surface area contributed by atoms with Gasteiger partial charge in [-0.05, 0) is 52.2 Å². The van der Waals surface area contributed by atoms with Crippen LogP contribution in [-0.4, -0.2) is 53.7 Å². The first-order chi connectivity index (χ1) is 14.2. The lowest BCUT2D eigenvalue weighted by Gasteiger charge is -2.14. The van der Waals surface area contributed by atoms with E-state index in [-0.39, 0.29) is 24.2 Å². The van der Waals surface area contributed by atoms with Gasteiger partial charge in [0, 0.05) is 35.8 Å². The molecule has 1 fully saturated rings. The number of aromatic nitrogens is 2. The molecule has 1 aliphatic rings. The van der Waals surface area contributed by atoms with Crippen molar-refractivity contribution in [1.82, 2.24) is 9.55 Å². The number of carbonyl (C=O) groups excluding carboxylic acids is 3. The van der Waals surface area contributed by atoms with E-state index >= 15 is 0 Å². The van der Waals surface area contributed by atoms with E-state index in [1.165, 1.54) is 7.11 Å². The Balaban J connectivity index is 1.69. The Morgan fingerprint density at radius 2 is 1.93 bits per heavy atom. The van der Waals surface area contributed by atoms with E-state index in [0.29, 0.717) is 28.9 Å². The van der Waals surface area contributed by atoms with Gasteiger partial charge in [-0.25, -0.2) is 9.59 Å². The molecule has 1 unspecified atom stereocenters. The number of ketones is 1. The summed E-state index contributed by atoms with van der Waals surface area (Å²) in [4.78, 5) is 39.9. The molecule has 162 valence electrons. The zero-order chi connectivity index (χ0) is 22.0. The van der Waals surface area contributed by atoms with E-state index < -0.39 is 11.9 Å². The van der Waals surface area contributed by atoms with Crippen LogP contribution in [-0.2, 0) is 20.8 Å². The molecule has 0 saturated carbocycles. The Bertz CT molecular complexity index is 978. The zero-order valence-corrected chi connectivity index (χ0v) is 18.1. The average molecular weight is 416 g/mol. The predicted molar refractivity (Wildman–Crippen MR) is 109 cm³/mol. The summed E-state index contributed by atoms with van der Waals surface area (Å²) in [6, 6.07) is 1.82. The van der Waals surface area contributed by atoms with E-state index in [0.717, 1.165) is 30.8 Å². The summed E-state index contributed by atoms with van der Waals surface area (Å²) in [6.07, 6.45) is 2.24. The Kier molecular flexibility index (Phi) is 6.45. The molecule has 30 heavy (non-hydrogen) atoms. The van der Waals surface area contributed by atoms with Gasteiger partial charge in [-0.1, -0.05) is 0 Å². The van der Waals surface area contributed by atoms with Crippen LogP contribution >= 0.6 is 0 Å². The fourth-order valence-electron chi connectivity index (χ4n) is 4.00. The highest BCUT2D eigenvalue weighted by Crippen LogP contribution is 2.22. The standard InChI is InChI=1S/C22H28N2O6/c1-12-9-17(15(4)24(12)10-16-7-6-8-29-16)18(25)11-30-22(27)20-13(2)19(14(3)23-20)21(26)28-5/h9,16,23H,6-8,10-11H2,1-5H3. The number of rotatable bonds is 7. The van der Waals surface area contributed by atoms with Crippen molar-refractivity contribution in [3.8, 4) is 0 Å². The number of Topliss-reactive ketones (excluding diaryl/α,β-unsaturated/α-hetero) is 1. The number of ether oxygens (including phenoxy) is 3. The number of hydrogen-bond acceptors (Lipinski definition) is 6. The first-order valence-electron chi connectivity index (χ1n) is 10.0. The highest BCUT2D eigenvalue weighted by Gasteiger charge is 2.25. The Morgan fingerprint density at radius 3 is 2.57 bits per heavy atom. The number of H-pyrrole nitrogens is 1. The van der Waals surface area contributed by atoms with Crippen LogP contribution in [0, 0.1) is 27.7 Å². The van der Waals surface area contributed by atoms with Gasteiger partial charge in [-0.3, -0.25) is 4.79 Å². The Morgan fingerprint density at radius 1 is 1.20 bits per heavy atom. The van der Waals surface area contributed by atoms with E-state index in [1.54, 1.807) is 13.8 Å². The van der Waals surface area contributed by atoms with Crippen molar-refractivity contribution in [1.29, 1.82) is 0 Å². The molecule has 1 atom stereocenters. The molecule has 8 heteroatoms. The topological polar surface area (TPSA) is 99.6 Å². The summed E-state index contributed by atoms with van der Waals surface area (Å²) < 4.78 is 17.8. The van der Waals surface area contributed by atoms with E-state index in [1.807, 2.05) is 19.9 Å². The second-order valence-corrected chi connectivity index (χ2v) is 7.65. The third kappa shape index (κ3) is 4.18. The molecule has 0 aliphatic carbocycles. The van der Waals surface area contributed by atoms with Crippen molar-refractivity contribution < 1.29 is 28.6 Å². The average Bonchev–Trinajstić information content (AvgIpc) is 3.40. The van der Waals surface area contributed by atoms with Crippen LogP contribution in [0.4, 0.5) is 0 Å². The molecule has 1 aliphatic heterocycles. The van der Waals surface area contributed by atoms with Gasteiger partial charge in [0.05, 0.1) is 18.8 Å². The second kappa shape index (κ2) is 8.87. The monoisotopic (exact) mass is 416 g/mol. The number of methoxy groups -OCH3 is 1. The second-order valence-electron chi connectivity index (χ2n) is 7.65. The number of hydrogen-bond donors (Lipinski definition) is 1. The minimum absolute atomic E-state index is 0.143. The summed E-state index contributed by atoms with van der Waals surface area (Å²) in [5.41, 5.74) is 3.73. The number of nitrogens with one attached hydrogen (secondary N) is 1. The van der Waals surface area contributed by atoms with Crippen molar-refractivity contribution >= 4 is 17.7 Å². The smallest absolute Gasteiger partial charge is 0.355 e. The number of carbonyl (C=O) groups is 3. The van der Waals surface area contributed by atoms with Gasteiger partial charge in [0.1, 0.15) is 5.69 Å². The maximum Gasteiger partial charge on any atom is 0.355 e. The van der Waals surface area contributed by atoms with Crippen LogP contribution in [0.3, 0.4) is 0 Å². The fraction of sp³-hybridized carbons (Fsp3) is 0.500. The van der Waals surface area contributed by atoms with Crippen LogP contribution in [0.1, 0.15) is 66.7 Å². The van der Waals surface area contributed by atoms with Crippen LogP contribution in [0.15, 0.2) is 6.07 Å². The fourth-order valence-corrected chi connectivity index (χ4v) is 4.00. The van der Waals surface area contributed by atoms with Gasteiger partial charge in [0.15, 0.2) is 6.61 Å². The highest BCUT2D eigenvalue weighted by molar-refractivity contribution is 6.02. The van der Waals surface area contributed by atoms with Gasteiger partial charge >= 0.3 is 11.9 Å².